The summed E-state index contributed by atoms with van der Waals surface area (Å²) in [5, 5.41) is 0. The molecule has 70 valence electrons. The summed E-state index contributed by atoms with van der Waals surface area (Å²) in [7, 11) is 3.68. The van der Waals surface area contributed by atoms with Crippen molar-refractivity contribution in [2.24, 2.45) is 0 Å². The summed E-state index contributed by atoms with van der Waals surface area (Å²) in [6, 6.07) is 3.36. The van der Waals surface area contributed by atoms with Crippen molar-refractivity contribution in [2.75, 3.05) is 20.6 Å². The summed E-state index contributed by atoms with van der Waals surface area (Å²) < 4.78 is 0. The minimum atomic E-state index is 0.0584. The molecule has 0 saturated carbocycles. The zero-order valence-corrected chi connectivity index (χ0v) is 8.43. The molecule has 0 unspecified atom stereocenters. The van der Waals surface area contributed by atoms with Gasteiger partial charge in [0.1, 0.15) is 0 Å². The molecule has 1 aromatic heterocycles. The van der Waals surface area contributed by atoms with E-state index in [1.807, 2.05) is 19.0 Å². The number of nitrogens with zero attached hydrogens (tertiary/aromatic N) is 1. The fraction of sp³-hybridized carbons (Fsp3) is 0.333. The summed E-state index contributed by atoms with van der Waals surface area (Å²) in [6.07, 6.45) is 0.761. The van der Waals surface area contributed by atoms with Gasteiger partial charge >= 0.3 is 0 Å². The van der Waals surface area contributed by atoms with Gasteiger partial charge in [-0.15, -0.1) is 11.3 Å². The first-order valence-electron chi connectivity index (χ1n) is 3.86. The minimum Gasteiger partial charge on any atom is -0.302 e. The van der Waals surface area contributed by atoms with E-state index in [0.29, 0.717) is 16.3 Å². The largest absolute Gasteiger partial charge is 0.302 e. The quantitative estimate of drug-likeness (QED) is 0.539. The van der Waals surface area contributed by atoms with Crippen LogP contribution in [0.3, 0.4) is 0 Å². The molecule has 0 aliphatic rings. The Kier molecular flexibility index (Phi) is 3.33. The third kappa shape index (κ3) is 2.75. The van der Waals surface area contributed by atoms with Gasteiger partial charge in [-0.05, 0) is 26.2 Å². The fourth-order valence-electron chi connectivity index (χ4n) is 0.931. The first kappa shape index (κ1) is 10.1. The van der Waals surface area contributed by atoms with Crippen molar-refractivity contribution >= 4 is 23.4 Å². The van der Waals surface area contributed by atoms with E-state index in [1.54, 1.807) is 12.1 Å². The second-order valence-corrected chi connectivity index (χ2v) is 4.10. The molecule has 3 nitrogen and oxygen atoms in total. The van der Waals surface area contributed by atoms with Crippen molar-refractivity contribution in [1.82, 2.24) is 4.90 Å². The third-order valence-electron chi connectivity index (χ3n) is 1.48. The summed E-state index contributed by atoms with van der Waals surface area (Å²) in [4.78, 5) is 24.8. The van der Waals surface area contributed by atoms with Crippen molar-refractivity contribution in [3.8, 4) is 0 Å². The topological polar surface area (TPSA) is 37.4 Å². The molecule has 0 radical (unpaired) electrons. The number of thiophene rings is 1. The summed E-state index contributed by atoms with van der Waals surface area (Å²) in [6.45, 7) is 0.388. The Morgan fingerprint density at radius 1 is 1.54 bits per heavy atom. The molecule has 0 fully saturated rings. The minimum absolute atomic E-state index is 0.0584. The molecule has 0 aliphatic carbocycles. The van der Waals surface area contributed by atoms with Gasteiger partial charge in [0.05, 0.1) is 16.3 Å². The van der Waals surface area contributed by atoms with Crippen LogP contribution in [0.4, 0.5) is 0 Å². The van der Waals surface area contributed by atoms with Gasteiger partial charge in [0.2, 0.25) is 0 Å². The van der Waals surface area contributed by atoms with Crippen LogP contribution in [0, 0.1) is 0 Å². The van der Waals surface area contributed by atoms with Gasteiger partial charge in [-0.25, -0.2) is 0 Å². The number of carbonyl (C=O) groups is 2. The predicted molar refractivity (Wildman–Crippen MR) is 52.6 cm³/mol. The molecule has 4 heteroatoms. The van der Waals surface area contributed by atoms with Gasteiger partial charge < -0.3 is 4.90 Å². The summed E-state index contributed by atoms with van der Waals surface area (Å²) in [5.74, 6) is 0.0584. The second kappa shape index (κ2) is 4.30. The molecule has 0 bridgehead atoms. The fourth-order valence-corrected chi connectivity index (χ4v) is 1.68. The lowest BCUT2D eigenvalue weighted by atomic mass is 10.3. The van der Waals surface area contributed by atoms with Gasteiger partial charge in [-0.1, -0.05) is 0 Å². The molecule has 0 amide bonds. The van der Waals surface area contributed by atoms with Gasteiger partial charge in [0.25, 0.3) is 0 Å². The molecule has 1 heterocycles. The van der Waals surface area contributed by atoms with E-state index in [0.717, 1.165) is 6.29 Å². The number of aldehydes is 1. The first-order chi connectivity index (χ1) is 6.13. The van der Waals surface area contributed by atoms with Gasteiger partial charge in [-0.2, -0.15) is 0 Å². The summed E-state index contributed by atoms with van der Waals surface area (Å²) in [5.41, 5.74) is 0. The number of Topliss-reactive ketones (excluding diaryl/α,β-unsaturated/α-hetero) is 1. The molecule has 0 saturated heterocycles. The molecule has 13 heavy (non-hydrogen) atoms. The predicted octanol–water partition coefficient (Wildman–Crippen LogP) is 1.30. The second-order valence-electron chi connectivity index (χ2n) is 2.98. The third-order valence-corrected chi connectivity index (χ3v) is 2.53. The van der Waals surface area contributed by atoms with Crippen molar-refractivity contribution < 1.29 is 9.59 Å². The Morgan fingerprint density at radius 2 is 2.23 bits per heavy atom. The Hall–Kier alpha value is -1.00. The number of carbonyl (C=O) groups excluding carboxylic acids is 2. The number of hydrogen-bond acceptors (Lipinski definition) is 4. The lowest BCUT2D eigenvalue weighted by Crippen LogP contribution is -2.20. The van der Waals surface area contributed by atoms with Crippen LogP contribution in [-0.2, 0) is 0 Å². The highest BCUT2D eigenvalue weighted by atomic mass is 32.1. The molecule has 0 aliphatic heterocycles. The van der Waals surface area contributed by atoms with E-state index in [1.165, 1.54) is 11.3 Å². The number of likely N-dealkylation sites (N-methyl/N-ethyl adjacent to an activating group) is 1. The SMILES string of the molecule is CN(C)CC(=O)c1ccc(C=O)s1. The molecule has 0 atom stereocenters. The Morgan fingerprint density at radius 3 is 2.69 bits per heavy atom. The molecule has 1 rings (SSSR count). The summed E-state index contributed by atoms with van der Waals surface area (Å²) >= 11 is 1.24. The van der Waals surface area contributed by atoms with Crippen LogP contribution in [0.25, 0.3) is 0 Å². The van der Waals surface area contributed by atoms with Crippen molar-refractivity contribution in [2.45, 2.75) is 0 Å². The molecule has 1 aromatic rings. The molecule has 0 aromatic carbocycles. The average molecular weight is 197 g/mol. The van der Waals surface area contributed by atoms with Crippen LogP contribution in [0.5, 0.6) is 0 Å². The van der Waals surface area contributed by atoms with Crippen LogP contribution < -0.4 is 0 Å². The maximum absolute atomic E-state index is 11.4. The van der Waals surface area contributed by atoms with Crippen LogP contribution >= 0.6 is 11.3 Å². The molecule has 0 spiro atoms. The Bertz CT molecular complexity index is 317. The van der Waals surface area contributed by atoms with Crippen LogP contribution in [0.15, 0.2) is 12.1 Å². The zero-order valence-electron chi connectivity index (χ0n) is 7.61. The lowest BCUT2D eigenvalue weighted by Gasteiger charge is -2.05. The Balaban J connectivity index is 2.71. The maximum Gasteiger partial charge on any atom is 0.186 e. The Labute approximate surface area is 81.0 Å². The smallest absolute Gasteiger partial charge is 0.186 e. The monoisotopic (exact) mass is 197 g/mol. The maximum atomic E-state index is 11.4. The number of ketones is 1. The van der Waals surface area contributed by atoms with E-state index in [-0.39, 0.29) is 5.78 Å². The average Bonchev–Trinajstić information content (AvgIpc) is 2.50. The van der Waals surface area contributed by atoms with Crippen LogP contribution in [-0.4, -0.2) is 37.6 Å². The van der Waals surface area contributed by atoms with E-state index in [4.69, 9.17) is 0 Å². The van der Waals surface area contributed by atoms with Crippen molar-refractivity contribution in [3.05, 3.63) is 21.9 Å². The number of hydrogen-bond donors (Lipinski definition) is 0. The lowest BCUT2D eigenvalue weighted by molar-refractivity contribution is 0.0961. The van der Waals surface area contributed by atoms with Crippen molar-refractivity contribution in [3.63, 3.8) is 0 Å². The highest BCUT2D eigenvalue weighted by Gasteiger charge is 2.09. The number of rotatable bonds is 4. The van der Waals surface area contributed by atoms with Crippen molar-refractivity contribution in [1.29, 1.82) is 0 Å². The molecular formula is C9H11NO2S. The van der Waals surface area contributed by atoms with E-state index < -0.39 is 0 Å². The van der Waals surface area contributed by atoms with Crippen LogP contribution in [0.1, 0.15) is 19.3 Å². The highest BCUT2D eigenvalue weighted by Crippen LogP contribution is 2.14. The zero-order chi connectivity index (χ0) is 9.84. The van der Waals surface area contributed by atoms with E-state index in [9.17, 15) is 9.59 Å². The standard InChI is InChI=1S/C9H11NO2S/c1-10(2)5-8(12)9-4-3-7(6-11)13-9/h3-4,6H,5H2,1-2H3. The van der Waals surface area contributed by atoms with Gasteiger partial charge in [0, 0.05) is 0 Å². The van der Waals surface area contributed by atoms with E-state index in [2.05, 4.69) is 0 Å². The van der Waals surface area contributed by atoms with Crippen LogP contribution in [0.2, 0.25) is 0 Å². The van der Waals surface area contributed by atoms with Gasteiger partial charge in [0.15, 0.2) is 12.1 Å². The molecule has 0 N–H and O–H groups in total. The first-order valence-corrected chi connectivity index (χ1v) is 4.68. The van der Waals surface area contributed by atoms with E-state index >= 15 is 0 Å². The highest BCUT2D eigenvalue weighted by molar-refractivity contribution is 7.15. The normalized spacial score (nSPS) is 10.4. The van der Waals surface area contributed by atoms with Gasteiger partial charge in [-0.3, -0.25) is 9.59 Å². The molecular weight excluding hydrogens is 186 g/mol.